The minimum atomic E-state index is -0.404. The molecule has 1 saturated carbocycles. The fourth-order valence-electron chi connectivity index (χ4n) is 6.44. The zero-order valence-corrected chi connectivity index (χ0v) is 23.9. The monoisotopic (exact) mass is 552 g/mol. The molecule has 7 heteroatoms. The van der Waals surface area contributed by atoms with Crippen LogP contribution < -0.4 is 4.74 Å². The number of hydrogen-bond acceptors (Lipinski definition) is 7. The molecule has 0 spiro atoms. The molecule has 0 amide bonds. The van der Waals surface area contributed by atoms with Crippen LogP contribution in [0, 0.1) is 17.8 Å². The van der Waals surface area contributed by atoms with Crippen molar-refractivity contribution in [2.24, 2.45) is 17.8 Å². The van der Waals surface area contributed by atoms with Gasteiger partial charge in [0, 0.05) is 7.11 Å². The summed E-state index contributed by atoms with van der Waals surface area (Å²) in [5.74, 6) is 0.869. The van der Waals surface area contributed by atoms with Crippen LogP contribution in [0.4, 0.5) is 0 Å². The van der Waals surface area contributed by atoms with Crippen LogP contribution in [-0.4, -0.2) is 49.6 Å². The zero-order valence-electron chi connectivity index (χ0n) is 23.9. The number of hydrogen-bond donors (Lipinski definition) is 1. The van der Waals surface area contributed by atoms with Crippen LogP contribution in [0.1, 0.15) is 68.6 Å². The number of aliphatic hydroxyl groups is 1. The van der Waals surface area contributed by atoms with Crippen molar-refractivity contribution in [3.63, 3.8) is 0 Å². The molecule has 0 aliphatic heterocycles. The first-order chi connectivity index (χ1) is 19.5. The molecular weight excluding hydrogens is 508 g/mol. The summed E-state index contributed by atoms with van der Waals surface area (Å²) in [6, 6.07) is 15.6. The lowest BCUT2D eigenvalue weighted by Gasteiger charge is -2.32. The van der Waals surface area contributed by atoms with Crippen molar-refractivity contribution in [2.75, 3.05) is 20.3 Å². The van der Waals surface area contributed by atoms with Gasteiger partial charge in [-0.25, -0.2) is 9.59 Å². The normalized spacial score (nSPS) is 22.2. The Hall–Kier alpha value is -2.90. The fraction of sp³-hybridized carbons (Fsp3) is 0.576. The Morgan fingerprint density at radius 1 is 0.975 bits per heavy atom. The van der Waals surface area contributed by atoms with Crippen LogP contribution in [0.15, 0.2) is 48.5 Å². The quantitative estimate of drug-likeness (QED) is 0.232. The van der Waals surface area contributed by atoms with Crippen molar-refractivity contribution in [1.82, 2.24) is 0 Å². The first-order valence-corrected chi connectivity index (χ1v) is 14.8. The van der Waals surface area contributed by atoms with E-state index in [1.54, 1.807) is 0 Å². The van der Waals surface area contributed by atoms with Crippen LogP contribution in [0.3, 0.4) is 0 Å². The van der Waals surface area contributed by atoms with Gasteiger partial charge in [-0.2, -0.15) is 0 Å². The third kappa shape index (κ3) is 8.31. The van der Waals surface area contributed by atoms with E-state index < -0.39 is 5.97 Å². The number of unbranched alkanes of at least 4 members (excludes halogenated alkanes) is 2. The predicted octanol–water partition coefficient (Wildman–Crippen LogP) is 5.44. The van der Waals surface area contributed by atoms with Gasteiger partial charge in [-0.15, -0.1) is 0 Å². The maximum Gasteiger partial charge on any atom is 0.344 e. The number of rotatable bonds is 15. The van der Waals surface area contributed by atoms with Gasteiger partial charge in [-0.3, -0.25) is 0 Å². The molecule has 2 aliphatic rings. The van der Waals surface area contributed by atoms with Crippen LogP contribution in [0.25, 0.3) is 0 Å². The summed E-state index contributed by atoms with van der Waals surface area (Å²) >= 11 is 0. The van der Waals surface area contributed by atoms with Crippen molar-refractivity contribution in [1.29, 1.82) is 0 Å². The Morgan fingerprint density at radius 2 is 1.80 bits per heavy atom. The molecular formula is C33H44O7. The molecule has 0 unspecified atom stereocenters. The van der Waals surface area contributed by atoms with E-state index in [4.69, 9.17) is 18.9 Å². The Labute approximate surface area is 238 Å². The average molecular weight is 553 g/mol. The number of ether oxygens (including phenoxy) is 4. The highest BCUT2D eigenvalue weighted by Gasteiger charge is 2.47. The second-order valence-corrected chi connectivity index (χ2v) is 11.2. The SMILES string of the molecule is CCCCC[C@H](O)CC[C@@H]1[C@H]2Cc3cccc(OCC(=O)OCc4ccccc4)c3C[C@H]2C[C@H]1OC(=O)COC. The summed E-state index contributed by atoms with van der Waals surface area (Å²) in [4.78, 5) is 24.7. The first-order valence-electron chi connectivity index (χ1n) is 14.8. The fourth-order valence-corrected chi connectivity index (χ4v) is 6.44. The molecule has 40 heavy (non-hydrogen) atoms. The molecule has 1 N–H and O–H groups in total. The van der Waals surface area contributed by atoms with E-state index >= 15 is 0 Å². The molecule has 0 aromatic heterocycles. The van der Waals surface area contributed by atoms with Crippen LogP contribution >= 0.6 is 0 Å². The topological polar surface area (TPSA) is 91.3 Å². The number of aliphatic hydroxyl groups excluding tert-OH is 1. The van der Waals surface area contributed by atoms with Gasteiger partial charge < -0.3 is 24.1 Å². The lowest BCUT2D eigenvalue weighted by Crippen LogP contribution is -2.30. The Morgan fingerprint density at radius 3 is 2.58 bits per heavy atom. The highest BCUT2D eigenvalue weighted by atomic mass is 16.6. The van der Waals surface area contributed by atoms with E-state index in [9.17, 15) is 14.7 Å². The number of esters is 2. The van der Waals surface area contributed by atoms with E-state index in [-0.39, 0.29) is 43.9 Å². The smallest absolute Gasteiger partial charge is 0.344 e. The Bertz CT molecular complexity index is 1090. The average Bonchev–Trinajstić information content (AvgIpc) is 3.28. The van der Waals surface area contributed by atoms with Crippen molar-refractivity contribution in [2.45, 2.75) is 83.5 Å². The van der Waals surface area contributed by atoms with Crippen LogP contribution in [-0.2, 0) is 43.2 Å². The van der Waals surface area contributed by atoms with Crippen molar-refractivity contribution in [3.8, 4) is 5.75 Å². The molecule has 0 heterocycles. The number of methoxy groups -OCH3 is 1. The van der Waals surface area contributed by atoms with Gasteiger partial charge in [0.15, 0.2) is 6.61 Å². The van der Waals surface area contributed by atoms with Gasteiger partial charge >= 0.3 is 11.9 Å². The second kappa shape index (κ2) is 15.2. The highest BCUT2D eigenvalue weighted by molar-refractivity contribution is 5.71. The van der Waals surface area contributed by atoms with Gasteiger partial charge in [-0.1, -0.05) is 68.7 Å². The van der Waals surface area contributed by atoms with Crippen molar-refractivity contribution in [3.05, 3.63) is 65.2 Å². The predicted molar refractivity (Wildman–Crippen MR) is 152 cm³/mol. The minimum absolute atomic E-state index is 0.0587. The third-order valence-corrected chi connectivity index (χ3v) is 8.43. The minimum Gasteiger partial charge on any atom is -0.482 e. The van der Waals surface area contributed by atoms with Crippen molar-refractivity contribution >= 4 is 11.9 Å². The molecule has 2 aromatic rings. The lowest BCUT2D eigenvalue weighted by atomic mass is 9.73. The van der Waals surface area contributed by atoms with E-state index in [2.05, 4.69) is 13.0 Å². The first kappa shape index (κ1) is 30.1. The molecule has 0 saturated heterocycles. The molecule has 2 aliphatic carbocycles. The molecule has 0 radical (unpaired) electrons. The van der Waals surface area contributed by atoms with Gasteiger partial charge in [0.2, 0.25) is 0 Å². The summed E-state index contributed by atoms with van der Waals surface area (Å²) in [7, 11) is 1.50. The Kier molecular flexibility index (Phi) is 11.4. The van der Waals surface area contributed by atoms with Gasteiger partial charge in [0.05, 0.1) is 6.10 Å². The zero-order chi connectivity index (χ0) is 28.3. The standard InChI is InChI=1S/C33H44O7/c1-3-4-6-13-26(34)15-16-27-28-17-24-12-9-14-30(38-22-32(35)39-20-23-10-7-5-8-11-23)29(24)18-25(28)19-31(27)40-33(36)21-37-2/h5,7-12,14,25-28,31,34H,3-4,6,13,15-22H2,1-2H3/t25-,26-,27+,28-,31+/m0/s1. The molecule has 1 fully saturated rings. The maximum atomic E-state index is 12.4. The number of benzene rings is 2. The molecule has 7 nitrogen and oxygen atoms in total. The second-order valence-electron chi connectivity index (χ2n) is 11.2. The van der Waals surface area contributed by atoms with E-state index in [0.717, 1.165) is 74.7 Å². The number of fused-ring (bicyclic) bond motifs is 2. The van der Waals surface area contributed by atoms with Crippen molar-refractivity contribution < 1.29 is 33.6 Å². The Balaban J connectivity index is 1.39. The van der Waals surface area contributed by atoms with Gasteiger partial charge in [0.25, 0.3) is 0 Å². The molecule has 0 bridgehead atoms. The van der Waals surface area contributed by atoms with Crippen LogP contribution in [0.5, 0.6) is 5.75 Å². The lowest BCUT2D eigenvalue weighted by molar-refractivity contribution is -0.155. The molecule has 5 atom stereocenters. The molecule has 2 aromatic carbocycles. The molecule has 4 rings (SSSR count). The van der Waals surface area contributed by atoms with Crippen LogP contribution in [0.2, 0.25) is 0 Å². The van der Waals surface area contributed by atoms with E-state index in [1.165, 1.54) is 12.7 Å². The van der Waals surface area contributed by atoms with Gasteiger partial charge in [0.1, 0.15) is 25.1 Å². The summed E-state index contributed by atoms with van der Waals surface area (Å²) < 4.78 is 22.3. The number of carbonyl (C=O) groups excluding carboxylic acids is 2. The number of carbonyl (C=O) groups is 2. The summed E-state index contributed by atoms with van der Waals surface area (Å²) in [6.07, 6.45) is 7.62. The molecule has 218 valence electrons. The van der Waals surface area contributed by atoms with Gasteiger partial charge in [-0.05, 0) is 79.0 Å². The highest BCUT2D eigenvalue weighted by Crippen LogP contribution is 2.49. The largest absolute Gasteiger partial charge is 0.482 e. The van der Waals surface area contributed by atoms with E-state index in [0.29, 0.717) is 11.8 Å². The summed E-state index contributed by atoms with van der Waals surface area (Å²) in [5, 5.41) is 10.6. The summed E-state index contributed by atoms with van der Waals surface area (Å²) in [5.41, 5.74) is 3.28. The summed E-state index contributed by atoms with van der Waals surface area (Å²) in [6.45, 7) is 2.18. The third-order valence-electron chi connectivity index (χ3n) is 8.43. The van der Waals surface area contributed by atoms with E-state index in [1.807, 2.05) is 42.5 Å². The maximum absolute atomic E-state index is 12.4.